The zero-order chi connectivity index (χ0) is 25.2. The van der Waals surface area contributed by atoms with Gasteiger partial charge in [-0.25, -0.2) is 12.8 Å². The van der Waals surface area contributed by atoms with Crippen LogP contribution in [0.3, 0.4) is 0 Å². The normalized spacial score (nSPS) is 15.8. The van der Waals surface area contributed by atoms with Gasteiger partial charge in [0.2, 0.25) is 0 Å². The summed E-state index contributed by atoms with van der Waals surface area (Å²) in [5, 5.41) is 0.403. The molecule has 1 fully saturated rings. The number of halogens is 5. The van der Waals surface area contributed by atoms with E-state index in [0.717, 1.165) is 12.1 Å². The summed E-state index contributed by atoms with van der Waals surface area (Å²) in [5.41, 5.74) is 0.196. The van der Waals surface area contributed by atoms with Gasteiger partial charge in [-0.3, -0.25) is 9.21 Å². The second-order valence-corrected chi connectivity index (χ2v) is 10.7. The van der Waals surface area contributed by atoms with E-state index < -0.39 is 33.6 Å². The Bertz CT molecular complexity index is 1260. The minimum Gasteiger partial charge on any atom is -0.299 e. The van der Waals surface area contributed by atoms with Gasteiger partial charge in [-0.1, -0.05) is 29.8 Å². The number of benzene rings is 3. The smallest absolute Gasteiger partial charge is 0.299 e. The molecule has 3 aromatic carbocycles. The molecule has 10 heteroatoms. The Morgan fingerprint density at radius 3 is 2.17 bits per heavy atom. The van der Waals surface area contributed by atoms with Gasteiger partial charge < -0.3 is 0 Å². The second-order valence-electron chi connectivity index (χ2n) is 8.44. The standard InChI is InChI=1S/C25H23ClF4N2O2S/c26-20-4-10-24(11-5-20)35(33,34)32(22-8-6-21(27)7-9-22)23-12-14-31(15-13-23)17-18-2-1-3-19(16-18)25(28,29)30/h1-11,16,23H,12-15,17H2. The van der Waals surface area contributed by atoms with E-state index in [1.54, 1.807) is 6.07 Å². The number of nitrogens with zero attached hydrogens (tertiary/aromatic N) is 2. The molecule has 0 saturated carbocycles. The fourth-order valence-corrected chi connectivity index (χ4v) is 6.11. The highest BCUT2D eigenvalue weighted by Crippen LogP contribution is 2.33. The summed E-state index contributed by atoms with van der Waals surface area (Å²) in [7, 11) is -3.97. The minimum atomic E-state index is -4.41. The highest BCUT2D eigenvalue weighted by atomic mass is 35.5. The molecule has 0 bridgehead atoms. The van der Waals surface area contributed by atoms with Crippen LogP contribution < -0.4 is 4.31 Å². The molecule has 0 unspecified atom stereocenters. The maximum absolute atomic E-state index is 13.6. The molecule has 35 heavy (non-hydrogen) atoms. The predicted molar refractivity (Wildman–Crippen MR) is 127 cm³/mol. The van der Waals surface area contributed by atoms with Crippen LogP contribution in [0.4, 0.5) is 23.2 Å². The SMILES string of the molecule is O=S(=O)(c1ccc(Cl)cc1)N(c1ccc(F)cc1)C1CCN(Cc2cccc(C(F)(F)F)c2)CC1. The number of hydrogen-bond donors (Lipinski definition) is 0. The lowest BCUT2D eigenvalue weighted by molar-refractivity contribution is -0.137. The molecule has 3 aromatic rings. The maximum atomic E-state index is 13.6. The summed E-state index contributed by atoms with van der Waals surface area (Å²) in [6, 6.07) is 15.9. The Balaban J connectivity index is 1.54. The van der Waals surface area contributed by atoms with Gasteiger partial charge >= 0.3 is 6.18 Å². The van der Waals surface area contributed by atoms with E-state index in [2.05, 4.69) is 0 Å². The number of anilines is 1. The van der Waals surface area contributed by atoms with E-state index in [9.17, 15) is 26.0 Å². The van der Waals surface area contributed by atoms with Crippen LogP contribution in [0, 0.1) is 5.82 Å². The summed E-state index contributed by atoms with van der Waals surface area (Å²) in [6.45, 7) is 1.32. The first kappa shape index (κ1) is 25.5. The van der Waals surface area contributed by atoms with Crippen molar-refractivity contribution in [1.82, 2.24) is 4.90 Å². The highest BCUT2D eigenvalue weighted by molar-refractivity contribution is 7.92. The Morgan fingerprint density at radius 1 is 0.943 bits per heavy atom. The molecule has 0 spiro atoms. The van der Waals surface area contributed by atoms with Crippen molar-refractivity contribution in [2.75, 3.05) is 17.4 Å². The lowest BCUT2D eigenvalue weighted by Gasteiger charge is -2.39. The Morgan fingerprint density at radius 2 is 1.57 bits per heavy atom. The maximum Gasteiger partial charge on any atom is 0.416 e. The molecule has 1 saturated heterocycles. The highest BCUT2D eigenvalue weighted by Gasteiger charge is 2.35. The van der Waals surface area contributed by atoms with Crippen molar-refractivity contribution in [3.05, 3.63) is 94.8 Å². The third kappa shape index (κ3) is 5.97. The average Bonchev–Trinajstić information content (AvgIpc) is 2.81. The first-order chi connectivity index (χ1) is 16.5. The lowest BCUT2D eigenvalue weighted by Crippen LogP contribution is -2.47. The van der Waals surface area contributed by atoms with Crippen LogP contribution in [-0.2, 0) is 22.7 Å². The van der Waals surface area contributed by atoms with E-state index in [-0.39, 0.29) is 4.90 Å². The molecule has 0 amide bonds. The predicted octanol–water partition coefficient (Wildman–Crippen LogP) is 6.36. The van der Waals surface area contributed by atoms with Gasteiger partial charge in [-0.05, 0) is 73.0 Å². The number of piperidine rings is 1. The van der Waals surface area contributed by atoms with Gasteiger partial charge in [0.15, 0.2) is 0 Å². The summed E-state index contributed by atoms with van der Waals surface area (Å²) in [5.74, 6) is -0.478. The molecule has 186 valence electrons. The van der Waals surface area contributed by atoms with Gasteiger partial charge in [0, 0.05) is 30.7 Å². The molecule has 4 rings (SSSR count). The zero-order valence-electron chi connectivity index (χ0n) is 18.6. The molecule has 1 aliphatic rings. The molecule has 0 aromatic heterocycles. The largest absolute Gasteiger partial charge is 0.416 e. The zero-order valence-corrected chi connectivity index (χ0v) is 20.1. The van der Waals surface area contributed by atoms with Crippen LogP contribution in [0.25, 0.3) is 0 Å². The fraction of sp³-hybridized carbons (Fsp3) is 0.280. The first-order valence-electron chi connectivity index (χ1n) is 11.0. The third-order valence-electron chi connectivity index (χ3n) is 6.00. The van der Waals surface area contributed by atoms with Gasteiger partial charge in [0.25, 0.3) is 10.0 Å². The van der Waals surface area contributed by atoms with Crippen LogP contribution >= 0.6 is 11.6 Å². The minimum absolute atomic E-state index is 0.0672. The molecule has 0 aliphatic carbocycles. The van der Waals surface area contributed by atoms with Gasteiger partial charge in [-0.2, -0.15) is 13.2 Å². The van der Waals surface area contributed by atoms with E-state index in [1.807, 2.05) is 4.90 Å². The van der Waals surface area contributed by atoms with Gasteiger partial charge in [0.1, 0.15) is 5.82 Å². The monoisotopic (exact) mass is 526 g/mol. The van der Waals surface area contributed by atoms with Gasteiger partial charge in [-0.15, -0.1) is 0 Å². The number of sulfonamides is 1. The fourth-order valence-electron chi connectivity index (χ4n) is 4.27. The van der Waals surface area contributed by atoms with E-state index >= 15 is 0 Å². The quantitative estimate of drug-likeness (QED) is 0.351. The number of alkyl halides is 3. The molecule has 0 radical (unpaired) electrons. The molecule has 0 atom stereocenters. The van der Waals surface area contributed by atoms with Crippen molar-refractivity contribution in [3.8, 4) is 0 Å². The van der Waals surface area contributed by atoms with E-state index in [0.29, 0.717) is 48.7 Å². The molecule has 4 nitrogen and oxygen atoms in total. The summed E-state index contributed by atoms with van der Waals surface area (Å²) in [6.07, 6.45) is -3.49. The van der Waals surface area contributed by atoms with E-state index in [4.69, 9.17) is 11.6 Å². The molecular weight excluding hydrogens is 504 g/mol. The van der Waals surface area contributed by atoms with Crippen LogP contribution in [0.2, 0.25) is 5.02 Å². The molecular formula is C25H23ClF4N2O2S. The van der Waals surface area contributed by atoms with Crippen molar-refractivity contribution in [2.24, 2.45) is 0 Å². The van der Waals surface area contributed by atoms with Crippen molar-refractivity contribution in [3.63, 3.8) is 0 Å². The Hall–Kier alpha value is -2.62. The van der Waals surface area contributed by atoms with Crippen LogP contribution in [-0.4, -0.2) is 32.4 Å². The van der Waals surface area contributed by atoms with Crippen molar-refractivity contribution >= 4 is 27.3 Å². The van der Waals surface area contributed by atoms with Crippen LogP contribution in [0.5, 0.6) is 0 Å². The van der Waals surface area contributed by atoms with Crippen molar-refractivity contribution in [2.45, 2.75) is 36.5 Å². The van der Waals surface area contributed by atoms with Crippen LogP contribution in [0.15, 0.2) is 77.7 Å². The molecule has 1 aliphatic heterocycles. The van der Waals surface area contributed by atoms with Gasteiger partial charge in [0.05, 0.1) is 16.1 Å². The number of rotatable bonds is 6. The Kier molecular flexibility index (Phi) is 7.40. The topological polar surface area (TPSA) is 40.6 Å². The number of likely N-dealkylation sites (tertiary alicyclic amines) is 1. The Labute approximate surface area is 206 Å². The summed E-state index contributed by atoms with van der Waals surface area (Å²) < 4.78 is 81.2. The average molecular weight is 527 g/mol. The van der Waals surface area contributed by atoms with Crippen LogP contribution in [0.1, 0.15) is 24.0 Å². The summed E-state index contributed by atoms with van der Waals surface area (Å²) >= 11 is 5.92. The summed E-state index contributed by atoms with van der Waals surface area (Å²) in [4.78, 5) is 2.07. The van der Waals surface area contributed by atoms with E-state index in [1.165, 1.54) is 58.9 Å². The van der Waals surface area contributed by atoms with Crippen molar-refractivity contribution in [1.29, 1.82) is 0 Å². The first-order valence-corrected chi connectivity index (χ1v) is 12.8. The second kappa shape index (κ2) is 10.2. The molecule has 1 heterocycles. The number of hydrogen-bond acceptors (Lipinski definition) is 3. The van der Waals surface area contributed by atoms with Crippen molar-refractivity contribution < 1.29 is 26.0 Å². The molecule has 0 N–H and O–H groups in total. The lowest BCUT2D eigenvalue weighted by atomic mass is 10.0. The third-order valence-corrected chi connectivity index (χ3v) is 8.15.